The Balaban J connectivity index is 1.79. The van der Waals surface area contributed by atoms with Crippen LogP contribution in [0.15, 0.2) is 27.5 Å². The van der Waals surface area contributed by atoms with E-state index >= 15 is 0 Å². The Kier molecular flexibility index (Phi) is 4.02. The van der Waals surface area contributed by atoms with Crippen molar-refractivity contribution in [2.45, 2.75) is 23.7 Å². The van der Waals surface area contributed by atoms with E-state index < -0.39 is 26.6 Å². The minimum Gasteiger partial charge on any atom is -0.408 e. The summed E-state index contributed by atoms with van der Waals surface area (Å²) >= 11 is 0. The van der Waals surface area contributed by atoms with Gasteiger partial charge in [0.15, 0.2) is 4.90 Å². The van der Waals surface area contributed by atoms with Crippen LogP contribution in [0.1, 0.15) is 24.7 Å². The van der Waals surface area contributed by atoms with E-state index in [4.69, 9.17) is 10.2 Å². The molecule has 1 saturated heterocycles. The number of nitrogen functional groups attached to an aromatic ring is 1. The fourth-order valence-electron chi connectivity index (χ4n) is 2.61. The summed E-state index contributed by atoms with van der Waals surface area (Å²) in [5.41, 5.74) is 5.36. The maximum atomic E-state index is 13.8. The molecule has 0 atom stereocenters. The van der Waals surface area contributed by atoms with Crippen molar-refractivity contribution in [1.29, 1.82) is 0 Å². The Morgan fingerprint density at radius 1 is 1.17 bits per heavy atom. The van der Waals surface area contributed by atoms with Crippen LogP contribution in [-0.2, 0) is 10.0 Å². The van der Waals surface area contributed by atoms with Crippen LogP contribution in [0.2, 0.25) is 0 Å². The Morgan fingerprint density at radius 2 is 1.78 bits per heavy atom. The molecule has 3 rings (SSSR count). The lowest BCUT2D eigenvalue weighted by atomic mass is 9.98. The van der Waals surface area contributed by atoms with Crippen LogP contribution < -0.4 is 5.73 Å². The number of benzene rings is 1. The predicted octanol–water partition coefficient (Wildman–Crippen LogP) is 1.50. The van der Waals surface area contributed by atoms with E-state index in [2.05, 4.69) is 10.2 Å². The lowest BCUT2D eigenvalue weighted by molar-refractivity contribution is 0.290. The van der Waals surface area contributed by atoms with Crippen LogP contribution >= 0.6 is 0 Å². The Labute approximate surface area is 131 Å². The smallest absolute Gasteiger partial charge is 0.312 e. The standard InChI is InChI=1S/C13H14F2N4O3S/c14-9-2-1-3-10(15)11(9)23(20,21)19-6-4-8(5-7-19)12-17-18-13(16)22-12/h1-3,8H,4-7H2,(H2,16,18). The van der Waals surface area contributed by atoms with Crippen molar-refractivity contribution in [2.75, 3.05) is 18.8 Å². The summed E-state index contributed by atoms with van der Waals surface area (Å²) < 4.78 is 58.6. The Bertz CT molecular complexity index is 796. The van der Waals surface area contributed by atoms with Gasteiger partial charge >= 0.3 is 6.01 Å². The molecule has 0 bridgehead atoms. The normalized spacial score (nSPS) is 17.5. The minimum absolute atomic E-state index is 0.0523. The van der Waals surface area contributed by atoms with Gasteiger partial charge in [0.1, 0.15) is 11.6 Å². The van der Waals surface area contributed by atoms with Gasteiger partial charge in [-0.25, -0.2) is 17.2 Å². The summed E-state index contributed by atoms with van der Waals surface area (Å²) in [4.78, 5) is -0.916. The average Bonchev–Trinajstić information content (AvgIpc) is 2.93. The van der Waals surface area contributed by atoms with Gasteiger partial charge in [-0.05, 0) is 25.0 Å². The number of sulfonamides is 1. The van der Waals surface area contributed by atoms with E-state index in [1.54, 1.807) is 0 Å². The first-order valence-corrected chi connectivity index (χ1v) is 8.36. The summed E-state index contributed by atoms with van der Waals surface area (Å²) in [6.45, 7) is 0.201. The number of hydrogen-bond acceptors (Lipinski definition) is 6. The monoisotopic (exact) mass is 344 g/mol. The molecule has 10 heteroatoms. The third-order valence-electron chi connectivity index (χ3n) is 3.78. The zero-order valence-corrected chi connectivity index (χ0v) is 12.8. The highest BCUT2D eigenvalue weighted by Crippen LogP contribution is 2.31. The fourth-order valence-corrected chi connectivity index (χ4v) is 4.19. The molecule has 1 aromatic carbocycles. The van der Waals surface area contributed by atoms with Crippen LogP contribution in [0, 0.1) is 11.6 Å². The lowest BCUT2D eigenvalue weighted by Gasteiger charge is -2.29. The van der Waals surface area contributed by atoms with E-state index in [0.29, 0.717) is 18.7 Å². The van der Waals surface area contributed by atoms with Crippen molar-refractivity contribution in [2.24, 2.45) is 0 Å². The third-order valence-corrected chi connectivity index (χ3v) is 5.73. The highest BCUT2D eigenvalue weighted by atomic mass is 32.2. The number of rotatable bonds is 3. The van der Waals surface area contributed by atoms with E-state index in [1.165, 1.54) is 0 Å². The molecule has 23 heavy (non-hydrogen) atoms. The second kappa shape index (κ2) is 5.85. The van der Waals surface area contributed by atoms with Crippen molar-refractivity contribution >= 4 is 16.0 Å². The number of hydrogen-bond donors (Lipinski definition) is 1. The maximum Gasteiger partial charge on any atom is 0.312 e. The molecular formula is C13H14F2N4O3S. The first kappa shape index (κ1) is 15.8. The van der Waals surface area contributed by atoms with Crippen LogP contribution in [-0.4, -0.2) is 36.0 Å². The second-order valence-electron chi connectivity index (χ2n) is 5.21. The fraction of sp³-hybridized carbons (Fsp3) is 0.385. The lowest BCUT2D eigenvalue weighted by Crippen LogP contribution is -2.38. The summed E-state index contributed by atoms with van der Waals surface area (Å²) in [6.07, 6.45) is 0.799. The SMILES string of the molecule is Nc1nnc(C2CCN(S(=O)(=O)c3c(F)cccc3F)CC2)o1. The quantitative estimate of drug-likeness (QED) is 0.905. The molecule has 1 aliphatic heterocycles. The maximum absolute atomic E-state index is 13.8. The van der Waals surface area contributed by atoms with Crippen molar-refractivity contribution in [3.8, 4) is 0 Å². The van der Waals surface area contributed by atoms with Gasteiger partial charge < -0.3 is 10.2 Å². The van der Waals surface area contributed by atoms with Gasteiger partial charge in [-0.15, -0.1) is 5.10 Å². The van der Waals surface area contributed by atoms with Gasteiger partial charge in [0.05, 0.1) is 0 Å². The van der Waals surface area contributed by atoms with E-state index in [-0.39, 0.29) is 25.0 Å². The second-order valence-corrected chi connectivity index (χ2v) is 7.08. The van der Waals surface area contributed by atoms with Crippen LogP contribution in [0.3, 0.4) is 0 Å². The predicted molar refractivity (Wildman–Crippen MR) is 75.8 cm³/mol. The highest BCUT2D eigenvalue weighted by molar-refractivity contribution is 7.89. The summed E-state index contributed by atoms with van der Waals surface area (Å²) in [7, 11) is -4.23. The summed E-state index contributed by atoms with van der Waals surface area (Å²) in [6, 6.07) is 2.91. The third kappa shape index (κ3) is 2.91. The molecule has 1 aliphatic rings. The van der Waals surface area contributed by atoms with Crippen LogP contribution in [0.25, 0.3) is 0 Å². The number of piperidine rings is 1. The number of aromatic nitrogens is 2. The van der Waals surface area contributed by atoms with Gasteiger partial charge in [0, 0.05) is 19.0 Å². The van der Waals surface area contributed by atoms with Crippen molar-refractivity contribution in [3.05, 3.63) is 35.7 Å². The van der Waals surface area contributed by atoms with Crippen LogP contribution in [0.4, 0.5) is 14.8 Å². The first-order valence-electron chi connectivity index (χ1n) is 6.92. The molecule has 0 spiro atoms. The average molecular weight is 344 g/mol. The molecule has 0 radical (unpaired) electrons. The van der Waals surface area contributed by atoms with Crippen molar-refractivity contribution < 1.29 is 21.6 Å². The molecular weight excluding hydrogens is 330 g/mol. The van der Waals surface area contributed by atoms with E-state index in [9.17, 15) is 17.2 Å². The molecule has 1 aromatic heterocycles. The topological polar surface area (TPSA) is 102 Å². The van der Waals surface area contributed by atoms with E-state index in [1.807, 2.05) is 0 Å². The molecule has 2 N–H and O–H groups in total. The van der Waals surface area contributed by atoms with Gasteiger partial charge in [-0.1, -0.05) is 11.2 Å². The largest absolute Gasteiger partial charge is 0.408 e. The van der Waals surface area contributed by atoms with Crippen LogP contribution in [0.5, 0.6) is 0 Å². The Morgan fingerprint density at radius 3 is 2.30 bits per heavy atom. The zero-order chi connectivity index (χ0) is 16.6. The summed E-state index contributed by atoms with van der Waals surface area (Å²) in [5, 5.41) is 7.34. The molecule has 2 heterocycles. The number of nitrogens with zero attached hydrogens (tertiary/aromatic N) is 3. The molecule has 0 amide bonds. The van der Waals surface area contributed by atoms with Gasteiger partial charge in [0.2, 0.25) is 15.9 Å². The summed E-state index contributed by atoms with van der Waals surface area (Å²) in [5.74, 6) is -1.98. The molecule has 7 nitrogen and oxygen atoms in total. The van der Waals surface area contributed by atoms with Crippen molar-refractivity contribution in [3.63, 3.8) is 0 Å². The Hall–Kier alpha value is -2.07. The first-order chi connectivity index (χ1) is 10.9. The van der Waals surface area contributed by atoms with Gasteiger partial charge in [0.25, 0.3) is 0 Å². The zero-order valence-electron chi connectivity index (χ0n) is 11.9. The molecule has 1 fully saturated rings. The molecule has 124 valence electrons. The van der Waals surface area contributed by atoms with Gasteiger partial charge in [-0.3, -0.25) is 0 Å². The molecule has 2 aromatic rings. The molecule has 0 aliphatic carbocycles. The highest BCUT2D eigenvalue weighted by Gasteiger charge is 2.35. The van der Waals surface area contributed by atoms with Gasteiger partial charge in [-0.2, -0.15) is 4.31 Å². The molecule has 0 saturated carbocycles. The van der Waals surface area contributed by atoms with E-state index in [0.717, 1.165) is 22.5 Å². The molecule has 0 unspecified atom stereocenters. The van der Waals surface area contributed by atoms with Crippen molar-refractivity contribution in [1.82, 2.24) is 14.5 Å². The minimum atomic E-state index is -4.23. The number of anilines is 1. The number of nitrogens with two attached hydrogens (primary N) is 1. The number of halogens is 2.